The van der Waals surface area contributed by atoms with Gasteiger partial charge in [0, 0.05) is 69.1 Å². The third-order valence-corrected chi connectivity index (χ3v) is 14.5. The summed E-state index contributed by atoms with van der Waals surface area (Å²) in [5, 5.41) is 0. The summed E-state index contributed by atoms with van der Waals surface area (Å²) >= 11 is 0. The van der Waals surface area contributed by atoms with Gasteiger partial charge in [-0.15, -0.1) is 0 Å². The van der Waals surface area contributed by atoms with E-state index >= 15 is 0 Å². The highest BCUT2D eigenvalue weighted by Gasteiger charge is 2.59. The predicted octanol–water partition coefficient (Wildman–Crippen LogP) is 12.7. The lowest BCUT2D eigenvalue weighted by molar-refractivity contribution is 0.304. The van der Waals surface area contributed by atoms with Gasteiger partial charge < -0.3 is 19.6 Å². The molecule has 4 heteroatoms. The van der Waals surface area contributed by atoms with E-state index in [2.05, 4.69) is 228 Å². The quantitative estimate of drug-likeness (QED) is 0.170. The lowest BCUT2D eigenvalue weighted by Gasteiger charge is -2.37. The Balaban J connectivity index is 0.983. The first-order valence-electron chi connectivity index (χ1n) is 21.8. The maximum absolute atomic E-state index is 2.83. The van der Waals surface area contributed by atoms with Crippen LogP contribution in [0.2, 0.25) is 0 Å². The number of fused-ring (bicyclic) bond motifs is 12. The molecule has 4 aliphatic carbocycles. The number of rotatable bonds is 6. The second kappa shape index (κ2) is 12.9. The smallest absolute Gasteiger partial charge is 0.0642 e. The summed E-state index contributed by atoms with van der Waals surface area (Å²) in [5.41, 5.74) is 18.8. The SMILES string of the molecule is CC1=CC2C3=C(N(c4ccccc4)c4ccccc4)C=CC4C5=CC6C(C=C5N(C2C=C1)C34)c1ccc(N(c2ccccc2)c2ccccc2)c2c1N6C1C=C(C)C=CC21. The number of benzene rings is 5. The van der Waals surface area contributed by atoms with Crippen LogP contribution in [0.15, 0.2) is 228 Å². The molecule has 5 aromatic carbocycles. The molecule has 8 aliphatic rings. The second-order valence-corrected chi connectivity index (χ2v) is 17.7. The molecular weight excluding hydrogens is 729 g/mol. The zero-order valence-electron chi connectivity index (χ0n) is 33.9. The Labute approximate surface area is 353 Å². The van der Waals surface area contributed by atoms with Crippen molar-refractivity contribution in [3.63, 3.8) is 0 Å². The molecule has 0 aromatic heterocycles. The molecule has 4 aliphatic heterocycles. The maximum atomic E-state index is 2.83. The molecule has 0 radical (unpaired) electrons. The van der Waals surface area contributed by atoms with Crippen LogP contribution in [0, 0.1) is 11.8 Å². The van der Waals surface area contributed by atoms with Crippen LogP contribution in [0.4, 0.5) is 34.1 Å². The minimum atomic E-state index is 0.243. The fourth-order valence-corrected chi connectivity index (χ4v) is 12.2. The fourth-order valence-electron chi connectivity index (χ4n) is 12.2. The topological polar surface area (TPSA) is 13.0 Å². The number of hydrogen-bond donors (Lipinski definition) is 0. The highest BCUT2D eigenvalue weighted by Crippen LogP contribution is 2.64. The summed E-state index contributed by atoms with van der Waals surface area (Å²) < 4.78 is 0. The Morgan fingerprint density at radius 2 is 1.02 bits per heavy atom. The molecule has 13 rings (SSSR count). The van der Waals surface area contributed by atoms with Crippen LogP contribution in [0.3, 0.4) is 0 Å². The van der Waals surface area contributed by atoms with Gasteiger partial charge in [0.1, 0.15) is 0 Å². The van der Waals surface area contributed by atoms with E-state index in [0.717, 1.165) is 0 Å². The van der Waals surface area contributed by atoms with Crippen LogP contribution in [0.1, 0.15) is 36.8 Å². The van der Waals surface area contributed by atoms with Crippen molar-refractivity contribution in [3.05, 3.63) is 239 Å². The van der Waals surface area contributed by atoms with Crippen molar-refractivity contribution in [1.29, 1.82) is 0 Å². The Morgan fingerprint density at radius 3 is 1.67 bits per heavy atom. The molecule has 4 heterocycles. The Hall–Kier alpha value is -6.78. The van der Waals surface area contributed by atoms with E-state index in [4.69, 9.17) is 0 Å². The van der Waals surface area contributed by atoms with E-state index in [1.54, 1.807) is 0 Å². The minimum absolute atomic E-state index is 0.243. The fraction of sp³-hybridized carbons (Fsp3) is 0.179. The zero-order chi connectivity index (χ0) is 39.6. The van der Waals surface area contributed by atoms with E-state index < -0.39 is 0 Å². The van der Waals surface area contributed by atoms with Gasteiger partial charge in [-0.05, 0) is 91.2 Å². The highest BCUT2D eigenvalue weighted by atomic mass is 15.3. The number of para-hydroxylation sites is 4. The van der Waals surface area contributed by atoms with Crippen molar-refractivity contribution in [1.82, 2.24) is 4.90 Å². The van der Waals surface area contributed by atoms with Gasteiger partial charge in [-0.1, -0.05) is 145 Å². The van der Waals surface area contributed by atoms with E-state index in [-0.39, 0.29) is 41.9 Å². The summed E-state index contributed by atoms with van der Waals surface area (Å²) in [6, 6.07) is 49.7. The van der Waals surface area contributed by atoms with Crippen molar-refractivity contribution >= 4 is 34.1 Å². The molecule has 0 N–H and O–H groups in total. The first-order chi connectivity index (χ1) is 29.6. The number of anilines is 6. The second-order valence-electron chi connectivity index (χ2n) is 17.7. The van der Waals surface area contributed by atoms with Crippen LogP contribution in [-0.2, 0) is 0 Å². The molecule has 0 spiro atoms. The van der Waals surface area contributed by atoms with Crippen molar-refractivity contribution in [3.8, 4) is 0 Å². The Morgan fingerprint density at radius 1 is 0.450 bits per heavy atom. The summed E-state index contributed by atoms with van der Waals surface area (Å²) in [7, 11) is 0. The molecule has 2 fully saturated rings. The third kappa shape index (κ3) is 4.73. The Bertz CT molecular complexity index is 2760. The van der Waals surface area contributed by atoms with Crippen LogP contribution < -0.4 is 14.7 Å². The molecule has 5 aromatic rings. The third-order valence-electron chi connectivity index (χ3n) is 14.5. The van der Waals surface area contributed by atoms with Gasteiger partial charge in [0.2, 0.25) is 0 Å². The first-order valence-corrected chi connectivity index (χ1v) is 21.8. The van der Waals surface area contributed by atoms with E-state index in [0.29, 0.717) is 5.92 Å². The van der Waals surface area contributed by atoms with Crippen molar-refractivity contribution < 1.29 is 0 Å². The van der Waals surface area contributed by atoms with Crippen molar-refractivity contribution in [2.24, 2.45) is 11.8 Å². The van der Waals surface area contributed by atoms with E-state index in [9.17, 15) is 0 Å². The largest absolute Gasteiger partial charge is 0.356 e. The average molecular weight is 775 g/mol. The molecule has 2 saturated heterocycles. The molecule has 0 amide bonds. The monoisotopic (exact) mass is 774 g/mol. The van der Waals surface area contributed by atoms with Crippen LogP contribution in [0.25, 0.3) is 0 Å². The van der Waals surface area contributed by atoms with Crippen LogP contribution in [-0.4, -0.2) is 29.1 Å². The summed E-state index contributed by atoms with van der Waals surface area (Å²) in [4.78, 5) is 10.6. The Kier molecular flexibility index (Phi) is 7.31. The van der Waals surface area contributed by atoms with Gasteiger partial charge in [0.25, 0.3) is 0 Å². The van der Waals surface area contributed by atoms with Crippen LogP contribution >= 0.6 is 0 Å². The summed E-state index contributed by atoms with van der Waals surface area (Å²) in [6.07, 6.45) is 25.2. The number of hydrogen-bond acceptors (Lipinski definition) is 4. The maximum Gasteiger partial charge on any atom is 0.0642 e. The standard InChI is InChI=1S/C56H46N4/c1-35-24-28-47-46(31-35)54-49(58(39-19-11-5-12-20-39)40-21-13-6-14-22-40)30-27-42-44-34-52-45(33-51(44)59(47)56(42)54)41-26-29-48(53-43-25-23-36(2)32-50(43)60(52)55(41)53)57(37-15-7-3-8-16-37)38-17-9-4-10-18-38/h3-34,42-43,45-47,50,52,56H,1-2H3. The molecule has 8 atom stereocenters. The molecule has 290 valence electrons. The molecule has 60 heavy (non-hydrogen) atoms. The molecule has 8 unspecified atom stereocenters. The molecule has 0 saturated carbocycles. The van der Waals surface area contributed by atoms with Crippen LogP contribution in [0.5, 0.6) is 0 Å². The van der Waals surface area contributed by atoms with Gasteiger partial charge in [0.05, 0.1) is 29.9 Å². The van der Waals surface area contributed by atoms with Gasteiger partial charge in [-0.25, -0.2) is 0 Å². The minimum Gasteiger partial charge on any atom is -0.356 e. The molecule has 4 nitrogen and oxygen atoms in total. The van der Waals surface area contributed by atoms with Gasteiger partial charge in [-0.3, -0.25) is 0 Å². The lowest BCUT2D eigenvalue weighted by atomic mass is 9.75. The highest BCUT2D eigenvalue weighted by molar-refractivity contribution is 5.89. The summed E-state index contributed by atoms with van der Waals surface area (Å²) in [6.45, 7) is 4.54. The number of nitrogens with zero attached hydrogens (tertiary/aromatic N) is 4. The normalized spacial score (nSPS) is 27.9. The van der Waals surface area contributed by atoms with E-state index in [1.165, 1.54) is 78.9 Å². The molecule has 0 bridgehead atoms. The van der Waals surface area contributed by atoms with Crippen molar-refractivity contribution in [2.75, 3.05) is 14.7 Å². The van der Waals surface area contributed by atoms with E-state index in [1.807, 2.05) is 0 Å². The van der Waals surface area contributed by atoms with Gasteiger partial charge in [-0.2, -0.15) is 0 Å². The zero-order valence-corrected chi connectivity index (χ0v) is 33.9. The first kappa shape index (κ1) is 34.1. The lowest BCUT2D eigenvalue weighted by Crippen LogP contribution is -2.41. The average Bonchev–Trinajstić information content (AvgIpc) is 4.01. The predicted molar refractivity (Wildman–Crippen MR) is 246 cm³/mol. The summed E-state index contributed by atoms with van der Waals surface area (Å²) in [5.74, 6) is 1.10. The van der Waals surface area contributed by atoms with Gasteiger partial charge in [0.15, 0.2) is 0 Å². The van der Waals surface area contributed by atoms with Crippen molar-refractivity contribution in [2.45, 2.75) is 49.9 Å². The molecular formula is C56H46N4. The van der Waals surface area contributed by atoms with Gasteiger partial charge >= 0.3 is 0 Å². The number of allylic oxidation sites excluding steroid dienone is 6.